The van der Waals surface area contributed by atoms with Crippen LogP contribution in [-0.2, 0) is 9.84 Å². The molecule has 0 radical (unpaired) electrons. The quantitative estimate of drug-likeness (QED) is 0.667. The monoisotopic (exact) mass is 397 g/mol. The van der Waals surface area contributed by atoms with Gasteiger partial charge >= 0.3 is 0 Å². The maximum Gasteiger partial charge on any atom is 0.252 e. The second kappa shape index (κ2) is 6.92. The van der Waals surface area contributed by atoms with Crippen molar-refractivity contribution >= 4 is 33.1 Å². The maximum atomic E-state index is 12.5. The summed E-state index contributed by atoms with van der Waals surface area (Å²) < 4.78 is 25.0. The highest BCUT2D eigenvalue weighted by atomic mass is 35.5. The second-order valence-corrected chi connectivity index (χ2v) is 9.49. The van der Waals surface area contributed by atoms with Crippen LogP contribution >= 0.6 is 11.6 Å². The third-order valence-electron chi connectivity index (χ3n) is 4.53. The molecule has 0 bridgehead atoms. The fraction of sp³-hybridized carbons (Fsp3) is 0.412. The first kappa shape index (κ1) is 18.7. The van der Waals surface area contributed by atoms with Crippen LogP contribution in [0.2, 0.25) is 5.02 Å². The van der Waals surface area contributed by atoms with E-state index in [9.17, 15) is 18.3 Å². The standard InChI is InChI=1S/C17H20ClN3O4S/c1-9(2)26(24,25)16-11(18)6-7-12(15(16)23)19-17-20-13(8-14(22)21-17)10-4-3-5-10/h6-10,23H,3-5H2,1-2H3,(H2,19,20,21,22). The number of phenols is 1. The van der Waals surface area contributed by atoms with Gasteiger partial charge in [0.05, 0.1) is 21.7 Å². The molecule has 0 atom stereocenters. The lowest BCUT2D eigenvalue weighted by Crippen LogP contribution is -2.18. The van der Waals surface area contributed by atoms with Crippen molar-refractivity contribution in [2.45, 2.75) is 49.2 Å². The molecule has 7 nitrogen and oxygen atoms in total. The molecule has 1 aliphatic rings. The average Bonchev–Trinajstić information content (AvgIpc) is 2.47. The van der Waals surface area contributed by atoms with Crippen LogP contribution < -0.4 is 10.9 Å². The largest absolute Gasteiger partial charge is 0.504 e. The minimum Gasteiger partial charge on any atom is -0.504 e. The van der Waals surface area contributed by atoms with Crippen LogP contribution in [0.25, 0.3) is 0 Å². The molecule has 3 rings (SSSR count). The van der Waals surface area contributed by atoms with Crippen molar-refractivity contribution in [1.82, 2.24) is 9.97 Å². The normalized spacial score (nSPS) is 15.1. The van der Waals surface area contributed by atoms with Gasteiger partial charge in [0.25, 0.3) is 5.56 Å². The molecule has 140 valence electrons. The van der Waals surface area contributed by atoms with E-state index in [-0.39, 0.29) is 33.0 Å². The fourth-order valence-electron chi connectivity index (χ4n) is 2.73. The minimum absolute atomic E-state index is 0.0635. The predicted octanol–water partition coefficient (Wildman–Crippen LogP) is 3.32. The van der Waals surface area contributed by atoms with Crippen molar-refractivity contribution in [3.63, 3.8) is 0 Å². The molecule has 1 saturated carbocycles. The Morgan fingerprint density at radius 2 is 2.04 bits per heavy atom. The van der Waals surface area contributed by atoms with E-state index in [0.717, 1.165) is 19.3 Å². The van der Waals surface area contributed by atoms with Gasteiger partial charge in [0.2, 0.25) is 5.95 Å². The second-order valence-electron chi connectivity index (χ2n) is 6.64. The molecule has 0 saturated heterocycles. The molecular formula is C17H20ClN3O4S. The number of sulfone groups is 1. The number of phenolic OH excluding ortho intramolecular Hbond substituents is 1. The van der Waals surface area contributed by atoms with Gasteiger partial charge in [-0.25, -0.2) is 13.4 Å². The van der Waals surface area contributed by atoms with Gasteiger partial charge in [-0.3, -0.25) is 9.78 Å². The maximum absolute atomic E-state index is 12.5. The van der Waals surface area contributed by atoms with Gasteiger partial charge < -0.3 is 10.4 Å². The number of halogens is 1. The molecule has 0 aliphatic heterocycles. The zero-order valence-electron chi connectivity index (χ0n) is 14.4. The molecular weight excluding hydrogens is 378 g/mol. The number of H-pyrrole nitrogens is 1. The summed E-state index contributed by atoms with van der Waals surface area (Å²) >= 11 is 6.01. The topological polar surface area (TPSA) is 112 Å². The number of hydrogen-bond donors (Lipinski definition) is 3. The van der Waals surface area contributed by atoms with E-state index in [1.807, 2.05) is 0 Å². The van der Waals surface area contributed by atoms with Crippen molar-refractivity contribution < 1.29 is 13.5 Å². The van der Waals surface area contributed by atoms with E-state index >= 15 is 0 Å². The van der Waals surface area contributed by atoms with Crippen LogP contribution in [0.3, 0.4) is 0 Å². The first-order chi connectivity index (χ1) is 12.2. The molecule has 1 aliphatic carbocycles. The molecule has 1 aromatic carbocycles. The molecule has 1 aromatic heterocycles. The van der Waals surface area contributed by atoms with Gasteiger partial charge in [0.1, 0.15) is 4.90 Å². The molecule has 0 unspecified atom stereocenters. The molecule has 2 aromatic rings. The number of nitrogens with one attached hydrogen (secondary N) is 2. The van der Waals surface area contributed by atoms with Crippen LogP contribution in [0, 0.1) is 0 Å². The van der Waals surface area contributed by atoms with Crippen LogP contribution in [0.5, 0.6) is 5.75 Å². The first-order valence-corrected chi connectivity index (χ1v) is 10.3. The Balaban J connectivity index is 2.01. The van der Waals surface area contributed by atoms with Crippen molar-refractivity contribution in [2.75, 3.05) is 5.32 Å². The average molecular weight is 398 g/mol. The van der Waals surface area contributed by atoms with Gasteiger partial charge in [-0.1, -0.05) is 18.0 Å². The molecule has 1 heterocycles. The summed E-state index contributed by atoms with van der Waals surface area (Å²) in [4.78, 5) is 18.5. The van der Waals surface area contributed by atoms with Crippen LogP contribution in [-0.4, -0.2) is 28.7 Å². The van der Waals surface area contributed by atoms with E-state index in [4.69, 9.17) is 11.6 Å². The predicted molar refractivity (Wildman–Crippen MR) is 100 cm³/mol. The van der Waals surface area contributed by atoms with Crippen LogP contribution in [0.1, 0.15) is 44.7 Å². The van der Waals surface area contributed by atoms with Gasteiger partial charge in [0, 0.05) is 12.0 Å². The summed E-state index contributed by atoms with van der Waals surface area (Å²) in [5, 5.41) is 12.5. The van der Waals surface area contributed by atoms with Gasteiger partial charge in [-0.2, -0.15) is 0 Å². The third kappa shape index (κ3) is 3.43. The van der Waals surface area contributed by atoms with Crippen LogP contribution in [0.15, 0.2) is 27.9 Å². The Morgan fingerprint density at radius 3 is 2.62 bits per heavy atom. The van der Waals surface area contributed by atoms with E-state index in [2.05, 4.69) is 15.3 Å². The van der Waals surface area contributed by atoms with Crippen molar-refractivity contribution in [2.24, 2.45) is 0 Å². The Bertz CT molecular complexity index is 998. The Morgan fingerprint density at radius 1 is 1.35 bits per heavy atom. The van der Waals surface area contributed by atoms with E-state index < -0.39 is 20.8 Å². The SMILES string of the molecule is CC(C)S(=O)(=O)c1c(Cl)ccc(Nc2nc(C3CCC3)cc(=O)[nH]2)c1O. The minimum atomic E-state index is -3.79. The smallest absolute Gasteiger partial charge is 0.252 e. The highest BCUT2D eigenvalue weighted by molar-refractivity contribution is 7.92. The molecule has 1 fully saturated rings. The highest BCUT2D eigenvalue weighted by Crippen LogP contribution is 2.40. The number of aromatic hydroxyl groups is 1. The summed E-state index contributed by atoms with van der Waals surface area (Å²) in [5.41, 5.74) is 0.474. The Hall–Kier alpha value is -2.06. The fourth-order valence-corrected chi connectivity index (χ4v) is 4.40. The summed E-state index contributed by atoms with van der Waals surface area (Å²) in [7, 11) is -3.79. The van der Waals surface area contributed by atoms with E-state index in [0.29, 0.717) is 5.69 Å². The Labute approximate surface area is 156 Å². The lowest BCUT2D eigenvalue weighted by molar-refractivity contribution is 0.410. The van der Waals surface area contributed by atoms with Gasteiger partial charge in [-0.05, 0) is 38.8 Å². The van der Waals surface area contributed by atoms with Crippen molar-refractivity contribution in [1.29, 1.82) is 0 Å². The lowest BCUT2D eigenvalue weighted by Gasteiger charge is -2.24. The molecule has 0 amide bonds. The zero-order valence-corrected chi connectivity index (χ0v) is 16.0. The molecule has 26 heavy (non-hydrogen) atoms. The van der Waals surface area contributed by atoms with Crippen molar-refractivity contribution in [3.05, 3.63) is 39.3 Å². The number of aromatic amines is 1. The molecule has 3 N–H and O–H groups in total. The van der Waals surface area contributed by atoms with Gasteiger partial charge in [0.15, 0.2) is 15.6 Å². The number of nitrogens with zero attached hydrogens (tertiary/aromatic N) is 1. The number of rotatable bonds is 5. The van der Waals surface area contributed by atoms with Crippen LogP contribution in [0.4, 0.5) is 11.6 Å². The zero-order chi connectivity index (χ0) is 19.1. The number of hydrogen-bond acceptors (Lipinski definition) is 6. The Kier molecular flexibility index (Phi) is 4.98. The summed E-state index contributed by atoms with van der Waals surface area (Å²) in [6, 6.07) is 4.28. The van der Waals surface area contributed by atoms with E-state index in [1.165, 1.54) is 32.0 Å². The van der Waals surface area contributed by atoms with E-state index in [1.54, 1.807) is 0 Å². The first-order valence-electron chi connectivity index (χ1n) is 8.33. The highest BCUT2D eigenvalue weighted by Gasteiger charge is 2.28. The molecule has 9 heteroatoms. The summed E-state index contributed by atoms with van der Waals surface area (Å²) in [6.45, 7) is 3.01. The summed E-state index contributed by atoms with van der Waals surface area (Å²) in [6.07, 6.45) is 3.08. The number of anilines is 2. The third-order valence-corrected chi connectivity index (χ3v) is 7.18. The van der Waals surface area contributed by atoms with Gasteiger partial charge in [-0.15, -0.1) is 0 Å². The number of aromatic nitrogens is 2. The lowest BCUT2D eigenvalue weighted by atomic mass is 9.83. The van der Waals surface area contributed by atoms with Crippen molar-refractivity contribution in [3.8, 4) is 5.75 Å². The molecule has 0 spiro atoms. The number of benzene rings is 1. The summed E-state index contributed by atoms with van der Waals surface area (Å²) in [5.74, 6) is -0.0960.